The number of fused-ring (bicyclic) bond motifs is 1. The Morgan fingerprint density at radius 2 is 1.68 bits per heavy atom. The van der Waals surface area contributed by atoms with Gasteiger partial charge in [0, 0.05) is 13.0 Å². The molecule has 0 unspecified atom stereocenters. The maximum absolute atomic E-state index is 13.3. The van der Waals surface area contributed by atoms with E-state index in [-0.39, 0.29) is 32.7 Å². The highest BCUT2D eigenvalue weighted by atomic mass is 35.5. The number of benzene rings is 3. The lowest BCUT2D eigenvalue weighted by Gasteiger charge is -2.31. The highest BCUT2D eigenvalue weighted by molar-refractivity contribution is 7.92. The molecule has 0 saturated carbocycles. The first-order valence-corrected chi connectivity index (χ1v) is 11.8. The molecule has 1 aliphatic rings. The van der Waals surface area contributed by atoms with Crippen LogP contribution in [-0.4, -0.2) is 20.7 Å². The third-order valence-corrected chi connectivity index (χ3v) is 7.69. The minimum absolute atomic E-state index is 0.0195. The average molecular weight is 478 g/mol. The van der Waals surface area contributed by atoms with E-state index in [2.05, 4.69) is 0 Å². The van der Waals surface area contributed by atoms with Crippen LogP contribution in [0.4, 0.5) is 10.1 Å². The lowest BCUT2D eigenvalue weighted by Crippen LogP contribution is -2.35. The summed E-state index contributed by atoms with van der Waals surface area (Å²) in [6, 6.07) is 15.0. The van der Waals surface area contributed by atoms with Crippen molar-refractivity contribution < 1.29 is 17.6 Å². The maximum Gasteiger partial charge on any atom is 0.264 e. The highest BCUT2D eigenvalue weighted by Crippen LogP contribution is 2.34. The monoisotopic (exact) mass is 477 g/mol. The summed E-state index contributed by atoms with van der Waals surface area (Å²) in [6.07, 6.45) is 1.43. The minimum Gasteiger partial charge on any atom is -0.294 e. The number of nitrogens with zero attached hydrogens (tertiary/aromatic N) is 1. The zero-order valence-electron chi connectivity index (χ0n) is 16.3. The van der Waals surface area contributed by atoms with Gasteiger partial charge in [0.15, 0.2) is 5.78 Å². The molecular weight excluding hydrogens is 460 g/mol. The quantitative estimate of drug-likeness (QED) is 0.442. The van der Waals surface area contributed by atoms with E-state index in [0.29, 0.717) is 24.2 Å². The molecule has 0 aromatic heterocycles. The number of hydrogen-bond acceptors (Lipinski definition) is 3. The summed E-state index contributed by atoms with van der Waals surface area (Å²) in [5, 5.41) is 0.548. The van der Waals surface area contributed by atoms with Gasteiger partial charge in [-0.3, -0.25) is 9.10 Å². The van der Waals surface area contributed by atoms with Crippen LogP contribution in [0.1, 0.15) is 27.9 Å². The fourth-order valence-electron chi connectivity index (χ4n) is 3.72. The number of halogens is 3. The summed E-state index contributed by atoms with van der Waals surface area (Å²) < 4.78 is 41.0. The first-order chi connectivity index (χ1) is 14.8. The molecule has 1 heterocycles. The van der Waals surface area contributed by atoms with Gasteiger partial charge < -0.3 is 0 Å². The van der Waals surface area contributed by atoms with Crippen LogP contribution in [0.5, 0.6) is 0 Å². The summed E-state index contributed by atoms with van der Waals surface area (Å²) in [7, 11) is -3.86. The Hall–Kier alpha value is -2.41. The zero-order valence-corrected chi connectivity index (χ0v) is 18.6. The molecular formula is C23H18Cl2FNO3S. The Morgan fingerprint density at radius 3 is 2.35 bits per heavy atom. The molecule has 0 spiro atoms. The molecule has 160 valence electrons. The van der Waals surface area contributed by atoms with E-state index in [9.17, 15) is 17.6 Å². The van der Waals surface area contributed by atoms with Gasteiger partial charge >= 0.3 is 0 Å². The van der Waals surface area contributed by atoms with E-state index in [0.717, 1.165) is 24.1 Å². The van der Waals surface area contributed by atoms with E-state index in [4.69, 9.17) is 23.2 Å². The van der Waals surface area contributed by atoms with Crippen molar-refractivity contribution in [1.82, 2.24) is 0 Å². The van der Waals surface area contributed by atoms with Gasteiger partial charge in [-0.05, 0) is 66.4 Å². The molecule has 0 radical (unpaired) electrons. The highest BCUT2D eigenvalue weighted by Gasteiger charge is 2.29. The van der Waals surface area contributed by atoms with Gasteiger partial charge in [0.2, 0.25) is 0 Å². The number of rotatable bonds is 5. The van der Waals surface area contributed by atoms with Crippen molar-refractivity contribution in [3.8, 4) is 0 Å². The molecule has 3 aromatic carbocycles. The van der Waals surface area contributed by atoms with Gasteiger partial charge in [-0.1, -0.05) is 41.4 Å². The number of hydrogen-bond donors (Lipinski definition) is 0. The lowest BCUT2D eigenvalue weighted by molar-refractivity contribution is 0.0993. The molecule has 0 fully saturated rings. The zero-order chi connectivity index (χ0) is 22.2. The Bertz CT molecular complexity index is 1240. The number of aryl methyl sites for hydroxylation is 1. The van der Waals surface area contributed by atoms with Crippen LogP contribution < -0.4 is 4.31 Å². The van der Waals surface area contributed by atoms with Gasteiger partial charge in [0.1, 0.15) is 5.82 Å². The van der Waals surface area contributed by atoms with E-state index in [1.54, 1.807) is 24.3 Å². The Labute approximate surface area is 190 Å². The SMILES string of the molecule is O=C(Cc1ccc2c(c1)N(S(=O)(=O)c1ccc(F)cc1)CCC2)c1c(Cl)cccc1Cl. The van der Waals surface area contributed by atoms with Crippen LogP contribution in [-0.2, 0) is 22.9 Å². The van der Waals surface area contributed by atoms with Crippen molar-refractivity contribution in [1.29, 1.82) is 0 Å². The maximum atomic E-state index is 13.3. The average Bonchev–Trinajstić information content (AvgIpc) is 2.73. The fraction of sp³-hybridized carbons (Fsp3) is 0.174. The minimum atomic E-state index is -3.86. The van der Waals surface area contributed by atoms with Crippen molar-refractivity contribution in [2.75, 3.05) is 10.8 Å². The van der Waals surface area contributed by atoms with E-state index < -0.39 is 15.8 Å². The topological polar surface area (TPSA) is 54.5 Å². The van der Waals surface area contributed by atoms with Crippen molar-refractivity contribution in [2.45, 2.75) is 24.2 Å². The molecule has 4 rings (SSSR count). The standard InChI is InChI=1S/C23H18Cl2FNO3S/c24-19-4-1-5-20(25)23(19)22(28)14-15-6-7-16-3-2-12-27(21(16)13-15)31(29,30)18-10-8-17(26)9-11-18/h1,4-11,13H,2-3,12,14H2. The first kappa shape index (κ1) is 21.8. The summed E-state index contributed by atoms with van der Waals surface area (Å²) in [6.45, 7) is 0.306. The van der Waals surface area contributed by atoms with Gasteiger partial charge in [-0.15, -0.1) is 0 Å². The normalized spacial score (nSPS) is 13.7. The van der Waals surface area contributed by atoms with Gasteiger partial charge in [-0.25, -0.2) is 12.8 Å². The van der Waals surface area contributed by atoms with Crippen LogP contribution in [0.2, 0.25) is 10.0 Å². The second kappa shape index (κ2) is 8.61. The van der Waals surface area contributed by atoms with Crippen molar-refractivity contribution >= 4 is 44.7 Å². The summed E-state index contributed by atoms with van der Waals surface area (Å²) in [5.74, 6) is -0.753. The number of ketones is 1. The first-order valence-electron chi connectivity index (χ1n) is 9.65. The smallest absolute Gasteiger partial charge is 0.264 e. The molecule has 0 amide bonds. The van der Waals surface area contributed by atoms with Gasteiger partial charge in [0.05, 0.1) is 26.2 Å². The molecule has 1 aliphatic heterocycles. The molecule has 4 nitrogen and oxygen atoms in total. The third kappa shape index (κ3) is 4.33. The predicted molar refractivity (Wildman–Crippen MR) is 120 cm³/mol. The Morgan fingerprint density at radius 1 is 1.00 bits per heavy atom. The van der Waals surface area contributed by atoms with Gasteiger partial charge in [0.25, 0.3) is 10.0 Å². The van der Waals surface area contributed by atoms with E-state index in [1.807, 2.05) is 12.1 Å². The second-order valence-electron chi connectivity index (χ2n) is 7.29. The lowest BCUT2D eigenvalue weighted by atomic mass is 9.97. The number of sulfonamides is 1. The molecule has 3 aromatic rings. The Balaban J connectivity index is 1.68. The fourth-order valence-corrected chi connectivity index (χ4v) is 5.86. The number of carbonyl (C=O) groups excluding carboxylic acids is 1. The molecule has 0 bridgehead atoms. The number of Topliss-reactive ketones (excluding diaryl/α,β-unsaturated/α-hetero) is 1. The van der Waals surface area contributed by atoms with E-state index >= 15 is 0 Å². The molecule has 0 atom stereocenters. The Kier molecular flexibility index (Phi) is 6.06. The number of carbonyl (C=O) groups is 1. The molecule has 0 saturated heterocycles. The van der Waals surface area contributed by atoms with Crippen molar-refractivity contribution in [2.24, 2.45) is 0 Å². The molecule has 8 heteroatoms. The van der Waals surface area contributed by atoms with Gasteiger partial charge in [-0.2, -0.15) is 0 Å². The van der Waals surface area contributed by atoms with Crippen LogP contribution in [0.3, 0.4) is 0 Å². The van der Waals surface area contributed by atoms with Crippen molar-refractivity contribution in [3.63, 3.8) is 0 Å². The van der Waals surface area contributed by atoms with Crippen LogP contribution in [0.25, 0.3) is 0 Å². The second-order valence-corrected chi connectivity index (χ2v) is 9.97. The summed E-state index contributed by atoms with van der Waals surface area (Å²) in [5.41, 5.74) is 2.32. The van der Waals surface area contributed by atoms with Crippen LogP contribution >= 0.6 is 23.2 Å². The predicted octanol–water partition coefficient (Wildman–Crippen LogP) is 5.70. The van der Waals surface area contributed by atoms with Crippen LogP contribution in [0, 0.1) is 5.82 Å². The van der Waals surface area contributed by atoms with Crippen LogP contribution in [0.15, 0.2) is 65.6 Å². The number of anilines is 1. The molecule has 0 N–H and O–H groups in total. The largest absolute Gasteiger partial charge is 0.294 e. The summed E-state index contributed by atoms with van der Waals surface area (Å²) >= 11 is 12.3. The summed E-state index contributed by atoms with van der Waals surface area (Å²) in [4.78, 5) is 12.8. The molecule has 31 heavy (non-hydrogen) atoms. The van der Waals surface area contributed by atoms with E-state index in [1.165, 1.54) is 16.4 Å². The van der Waals surface area contributed by atoms with Crippen molar-refractivity contribution in [3.05, 3.63) is 93.2 Å². The third-order valence-electron chi connectivity index (χ3n) is 5.23. The molecule has 0 aliphatic carbocycles.